The van der Waals surface area contributed by atoms with Crippen LogP contribution in [-0.2, 0) is 19.1 Å². The standard InChI is InChI=1S/C13H21N3O4/c1-8(2)16-12(18)6-10(13(16)19)15-11(17)5-9-7-20-4-3-14-9/h8-10,14H,3-7H2,1-2H3,(H,15,17). The lowest BCUT2D eigenvalue weighted by molar-refractivity contribution is -0.141. The van der Waals surface area contributed by atoms with Crippen LogP contribution in [0.1, 0.15) is 26.7 Å². The van der Waals surface area contributed by atoms with Gasteiger partial charge in [0.2, 0.25) is 11.8 Å². The van der Waals surface area contributed by atoms with Crippen molar-refractivity contribution in [1.29, 1.82) is 0 Å². The van der Waals surface area contributed by atoms with Gasteiger partial charge in [-0.3, -0.25) is 19.3 Å². The first-order chi connectivity index (χ1) is 9.49. The number of amides is 3. The second kappa shape index (κ2) is 6.32. The average molecular weight is 283 g/mol. The van der Waals surface area contributed by atoms with Crippen molar-refractivity contribution in [3.05, 3.63) is 0 Å². The van der Waals surface area contributed by atoms with Crippen LogP contribution in [0.2, 0.25) is 0 Å². The molecule has 2 aliphatic heterocycles. The molecule has 7 nitrogen and oxygen atoms in total. The zero-order valence-corrected chi connectivity index (χ0v) is 11.8. The van der Waals surface area contributed by atoms with Crippen LogP contribution in [0.25, 0.3) is 0 Å². The molecule has 7 heteroatoms. The number of likely N-dealkylation sites (tertiary alicyclic amines) is 1. The van der Waals surface area contributed by atoms with E-state index < -0.39 is 6.04 Å². The number of ether oxygens (including phenoxy) is 1. The highest BCUT2D eigenvalue weighted by atomic mass is 16.5. The maximum Gasteiger partial charge on any atom is 0.252 e. The van der Waals surface area contributed by atoms with E-state index in [4.69, 9.17) is 4.74 Å². The summed E-state index contributed by atoms with van der Waals surface area (Å²) < 4.78 is 5.27. The van der Waals surface area contributed by atoms with E-state index in [1.54, 1.807) is 13.8 Å². The number of nitrogens with one attached hydrogen (secondary N) is 2. The molecule has 0 aromatic carbocycles. The van der Waals surface area contributed by atoms with E-state index in [1.807, 2.05) is 0 Å². The van der Waals surface area contributed by atoms with Crippen molar-refractivity contribution in [2.24, 2.45) is 0 Å². The minimum Gasteiger partial charge on any atom is -0.378 e. The molecule has 0 aromatic heterocycles. The van der Waals surface area contributed by atoms with Crippen LogP contribution in [-0.4, -0.2) is 60.5 Å². The fourth-order valence-electron chi connectivity index (χ4n) is 2.53. The average Bonchev–Trinajstić information content (AvgIpc) is 2.65. The number of hydrogen-bond donors (Lipinski definition) is 2. The molecule has 0 spiro atoms. The Morgan fingerprint density at radius 3 is 2.80 bits per heavy atom. The molecule has 2 saturated heterocycles. The first kappa shape index (κ1) is 14.9. The fraction of sp³-hybridized carbons (Fsp3) is 0.769. The Morgan fingerprint density at radius 1 is 1.50 bits per heavy atom. The molecule has 0 radical (unpaired) electrons. The molecule has 0 bridgehead atoms. The summed E-state index contributed by atoms with van der Waals surface area (Å²) in [5.74, 6) is -0.773. The Balaban J connectivity index is 1.85. The topological polar surface area (TPSA) is 87.7 Å². The number of carbonyl (C=O) groups is 3. The Kier molecular flexibility index (Phi) is 4.72. The number of hydrogen-bond acceptors (Lipinski definition) is 5. The van der Waals surface area contributed by atoms with Crippen molar-refractivity contribution in [1.82, 2.24) is 15.5 Å². The molecule has 2 unspecified atom stereocenters. The van der Waals surface area contributed by atoms with Crippen LogP contribution in [0.15, 0.2) is 0 Å². The van der Waals surface area contributed by atoms with E-state index in [0.717, 1.165) is 6.54 Å². The van der Waals surface area contributed by atoms with Gasteiger partial charge in [-0.2, -0.15) is 0 Å². The summed E-state index contributed by atoms with van der Waals surface area (Å²) in [6.45, 7) is 5.42. The molecule has 2 atom stereocenters. The van der Waals surface area contributed by atoms with E-state index in [9.17, 15) is 14.4 Å². The Hall–Kier alpha value is -1.47. The van der Waals surface area contributed by atoms with Crippen LogP contribution in [0.5, 0.6) is 0 Å². The zero-order chi connectivity index (χ0) is 14.7. The maximum atomic E-state index is 12.0. The summed E-state index contributed by atoms with van der Waals surface area (Å²) >= 11 is 0. The lowest BCUT2D eigenvalue weighted by atomic mass is 10.1. The van der Waals surface area contributed by atoms with E-state index in [-0.39, 0.29) is 42.6 Å². The molecular weight excluding hydrogens is 262 g/mol. The predicted molar refractivity (Wildman–Crippen MR) is 70.8 cm³/mol. The van der Waals surface area contributed by atoms with Crippen LogP contribution in [0.4, 0.5) is 0 Å². The maximum absolute atomic E-state index is 12.0. The summed E-state index contributed by atoms with van der Waals surface area (Å²) in [4.78, 5) is 36.9. The van der Waals surface area contributed by atoms with Crippen molar-refractivity contribution in [3.8, 4) is 0 Å². The highest BCUT2D eigenvalue weighted by Crippen LogP contribution is 2.16. The van der Waals surface area contributed by atoms with Gasteiger partial charge in [-0.25, -0.2) is 0 Å². The second-order valence-corrected chi connectivity index (χ2v) is 5.45. The number of nitrogens with zero attached hydrogens (tertiary/aromatic N) is 1. The van der Waals surface area contributed by atoms with Crippen molar-refractivity contribution >= 4 is 17.7 Å². The molecule has 0 aliphatic carbocycles. The lowest BCUT2D eigenvalue weighted by Crippen LogP contribution is -2.47. The Morgan fingerprint density at radius 2 is 2.25 bits per heavy atom. The van der Waals surface area contributed by atoms with Gasteiger partial charge in [0.1, 0.15) is 6.04 Å². The first-order valence-electron chi connectivity index (χ1n) is 6.95. The van der Waals surface area contributed by atoms with Crippen molar-refractivity contribution in [3.63, 3.8) is 0 Å². The molecule has 2 heterocycles. The fourth-order valence-corrected chi connectivity index (χ4v) is 2.53. The number of morpholine rings is 1. The van der Waals surface area contributed by atoms with Gasteiger partial charge >= 0.3 is 0 Å². The molecule has 2 fully saturated rings. The quantitative estimate of drug-likeness (QED) is 0.647. The SMILES string of the molecule is CC(C)N1C(=O)CC(NC(=O)CC2COCCN2)C1=O. The van der Waals surface area contributed by atoms with Crippen LogP contribution in [0.3, 0.4) is 0 Å². The van der Waals surface area contributed by atoms with Gasteiger partial charge in [-0.05, 0) is 13.8 Å². The highest BCUT2D eigenvalue weighted by molar-refractivity contribution is 6.07. The van der Waals surface area contributed by atoms with Gasteiger partial charge in [-0.15, -0.1) is 0 Å². The number of carbonyl (C=O) groups excluding carboxylic acids is 3. The van der Waals surface area contributed by atoms with E-state index in [0.29, 0.717) is 13.2 Å². The summed E-state index contributed by atoms with van der Waals surface area (Å²) in [5.41, 5.74) is 0. The molecule has 0 aromatic rings. The van der Waals surface area contributed by atoms with E-state index >= 15 is 0 Å². The van der Waals surface area contributed by atoms with Gasteiger partial charge in [0.05, 0.1) is 19.6 Å². The lowest BCUT2D eigenvalue weighted by Gasteiger charge is -2.24. The highest BCUT2D eigenvalue weighted by Gasteiger charge is 2.40. The summed E-state index contributed by atoms with van der Waals surface area (Å²) in [6.07, 6.45) is 0.303. The summed E-state index contributed by atoms with van der Waals surface area (Å²) in [7, 11) is 0. The Bertz CT molecular complexity index is 404. The third kappa shape index (κ3) is 3.34. The predicted octanol–water partition coefficient (Wildman–Crippen LogP) is -0.983. The number of imide groups is 1. The van der Waals surface area contributed by atoms with Crippen LogP contribution >= 0.6 is 0 Å². The molecule has 112 valence electrons. The third-order valence-corrected chi connectivity index (χ3v) is 3.46. The molecule has 20 heavy (non-hydrogen) atoms. The van der Waals surface area contributed by atoms with Crippen molar-refractivity contribution in [2.75, 3.05) is 19.8 Å². The van der Waals surface area contributed by atoms with Crippen molar-refractivity contribution in [2.45, 2.75) is 44.8 Å². The van der Waals surface area contributed by atoms with Gasteiger partial charge in [0.15, 0.2) is 0 Å². The van der Waals surface area contributed by atoms with Gasteiger partial charge in [0, 0.05) is 25.0 Å². The molecular formula is C13H21N3O4. The molecule has 2 aliphatic rings. The van der Waals surface area contributed by atoms with Crippen molar-refractivity contribution < 1.29 is 19.1 Å². The van der Waals surface area contributed by atoms with Gasteiger partial charge in [-0.1, -0.05) is 0 Å². The largest absolute Gasteiger partial charge is 0.378 e. The molecule has 3 amide bonds. The normalized spacial score (nSPS) is 27.2. The zero-order valence-electron chi connectivity index (χ0n) is 11.8. The van der Waals surface area contributed by atoms with E-state index in [2.05, 4.69) is 10.6 Å². The van der Waals surface area contributed by atoms with Gasteiger partial charge in [0.25, 0.3) is 5.91 Å². The minimum absolute atomic E-state index is 0.0304. The summed E-state index contributed by atoms with van der Waals surface area (Å²) in [6, 6.07) is -0.926. The second-order valence-electron chi connectivity index (χ2n) is 5.45. The van der Waals surface area contributed by atoms with Crippen LogP contribution < -0.4 is 10.6 Å². The molecule has 0 saturated carbocycles. The van der Waals surface area contributed by atoms with Gasteiger partial charge < -0.3 is 15.4 Å². The summed E-state index contributed by atoms with van der Waals surface area (Å²) in [5, 5.41) is 5.82. The molecule has 2 rings (SSSR count). The first-order valence-corrected chi connectivity index (χ1v) is 6.95. The minimum atomic E-state index is -0.720. The molecule has 2 N–H and O–H groups in total. The monoisotopic (exact) mass is 283 g/mol. The smallest absolute Gasteiger partial charge is 0.252 e. The number of rotatable bonds is 4. The van der Waals surface area contributed by atoms with Crippen LogP contribution in [0, 0.1) is 0 Å². The third-order valence-electron chi connectivity index (χ3n) is 3.46. The Labute approximate surface area is 118 Å². The van der Waals surface area contributed by atoms with E-state index in [1.165, 1.54) is 4.90 Å².